The van der Waals surface area contributed by atoms with E-state index < -0.39 is 0 Å². The molecule has 1 aromatic heterocycles. The Bertz CT molecular complexity index is 702. The molecule has 0 fully saturated rings. The molecular weight excluding hydrogens is 300 g/mol. The molecule has 116 valence electrons. The van der Waals surface area contributed by atoms with Crippen molar-refractivity contribution in [2.24, 2.45) is 0 Å². The summed E-state index contributed by atoms with van der Waals surface area (Å²) in [5.41, 5.74) is 3.85. The van der Waals surface area contributed by atoms with Crippen LogP contribution < -0.4 is 5.32 Å². The number of hydrogen-bond acceptors (Lipinski definition) is 3. The first-order valence-corrected chi connectivity index (χ1v) is 9.07. The summed E-state index contributed by atoms with van der Waals surface area (Å²) in [5.74, 6) is 0. The van der Waals surface area contributed by atoms with Gasteiger partial charge >= 0.3 is 0 Å². The van der Waals surface area contributed by atoms with Gasteiger partial charge in [0, 0.05) is 4.88 Å². The fourth-order valence-corrected chi connectivity index (χ4v) is 4.27. The molecule has 23 heavy (non-hydrogen) atoms. The Morgan fingerprint density at radius 3 is 2.04 bits per heavy atom. The van der Waals surface area contributed by atoms with Gasteiger partial charge in [0.05, 0.1) is 11.7 Å². The molecule has 1 N–H and O–H groups in total. The van der Waals surface area contributed by atoms with Crippen LogP contribution in [-0.4, -0.2) is 4.98 Å². The van der Waals surface area contributed by atoms with E-state index in [4.69, 9.17) is 4.98 Å². The molecule has 2 nitrogen and oxygen atoms in total. The molecule has 2 aromatic carbocycles. The van der Waals surface area contributed by atoms with Crippen LogP contribution in [0.15, 0.2) is 60.7 Å². The lowest BCUT2D eigenvalue weighted by atomic mass is 9.99. The Morgan fingerprint density at radius 2 is 1.43 bits per heavy atom. The summed E-state index contributed by atoms with van der Waals surface area (Å²) < 4.78 is 0. The van der Waals surface area contributed by atoms with Crippen molar-refractivity contribution in [1.82, 2.24) is 4.98 Å². The van der Waals surface area contributed by atoms with Crippen molar-refractivity contribution in [3.8, 4) is 0 Å². The summed E-state index contributed by atoms with van der Waals surface area (Å²) in [6.45, 7) is 0. The molecule has 3 heteroatoms. The maximum Gasteiger partial charge on any atom is 0.183 e. The normalized spacial score (nSPS) is 13.8. The third-order valence-corrected chi connectivity index (χ3v) is 5.47. The summed E-state index contributed by atoms with van der Waals surface area (Å²) in [7, 11) is 0. The highest BCUT2D eigenvalue weighted by molar-refractivity contribution is 7.15. The smallest absolute Gasteiger partial charge is 0.183 e. The molecule has 3 aromatic rings. The second kappa shape index (κ2) is 6.55. The van der Waals surface area contributed by atoms with Gasteiger partial charge in [-0.25, -0.2) is 4.98 Å². The summed E-state index contributed by atoms with van der Waals surface area (Å²) in [6, 6.07) is 21.4. The lowest BCUT2D eigenvalue weighted by Gasteiger charge is -2.19. The van der Waals surface area contributed by atoms with Gasteiger partial charge in [-0.15, -0.1) is 11.3 Å². The number of aromatic nitrogens is 1. The number of nitrogens with one attached hydrogen (secondary N) is 1. The van der Waals surface area contributed by atoms with Gasteiger partial charge in [-0.1, -0.05) is 60.7 Å². The van der Waals surface area contributed by atoms with Gasteiger partial charge in [-0.3, -0.25) is 0 Å². The highest BCUT2D eigenvalue weighted by atomic mass is 32.1. The minimum atomic E-state index is 0.144. The first-order chi connectivity index (χ1) is 11.4. The lowest BCUT2D eigenvalue weighted by Crippen LogP contribution is -2.12. The van der Waals surface area contributed by atoms with Crippen LogP contribution in [-0.2, 0) is 12.8 Å². The van der Waals surface area contributed by atoms with E-state index in [2.05, 4.69) is 66.0 Å². The second-order valence-electron chi connectivity index (χ2n) is 5.99. The highest BCUT2D eigenvalue weighted by Gasteiger charge is 2.19. The van der Waals surface area contributed by atoms with E-state index in [1.54, 1.807) is 0 Å². The second-order valence-corrected chi connectivity index (χ2v) is 7.08. The molecule has 0 saturated heterocycles. The Hall–Kier alpha value is -2.13. The predicted molar refractivity (Wildman–Crippen MR) is 97.1 cm³/mol. The monoisotopic (exact) mass is 320 g/mol. The van der Waals surface area contributed by atoms with E-state index >= 15 is 0 Å². The summed E-state index contributed by atoms with van der Waals surface area (Å²) in [4.78, 5) is 6.32. The van der Waals surface area contributed by atoms with Crippen molar-refractivity contribution in [2.75, 3.05) is 5.32 Å². The van der Waals surface area contributed by atoms with Crippen molar-refractivity contribution >= 4 is 16.5 Å². The zero-order valence-corrected chi connectivity index (χ0v) is 13.9. The number of nitrogens with zero attached hydrogens (tertiary/aromatic N) is 1. The van der Waals surface area contributed by atoms with Crippen molar-refractivity contribution < 1.29 is 0 Å². The third-order valence-electron chi connectivity index (χ3n) is 4.38. The highest BCUT2D eigenvalue weighted by Crippen LogP contribution is 2.33. The van der Waals surface area contributed by atoms with Crippen LogP contribution in [0.25, 0.3) is 0 Å². The summed E-state index contributed by atoms with van der Waals surface area (Å²) in [5, 5.41) is 4.73. The number of fused-ring (bicyclic) bond motifs is 1. The molecule has 0 saturated carbocycles. The minimum absolute atomic E-state index is 0.144. The Balaban J connectivity index is 1.67. The fourth-order valence-electron chi connectivity index (χ4n) is 3.19. The van der Waals surface area contributed by atoms with Crippen LogP contribution in [0, 0.1) is 0 Å². The molecule has 1 heterocycles. The Labute approximate surface area is 141 Å². The zero-order valence-electron chi connectivity index (χ0n) is 13.0. The minimum Gasteiger partial charge on any atom is -0.351 e. The van der Waals surface area contributed by atoms with E-state index in [1.807, 2.05) is 11.3 Å². The molecule has 0 radical (unpaired) electrons. The van der Waals surface area contributed by atoms with E-state index in [1.165, 1.54) is 41.0 Å². The topological polar surface area (TPSA) is 24.9 Å². The van der Waals surface area contributed by atoms with E-state index in [0.29, 0.717) is 0 Å². The standard InChI is InChI=1S/C20H20N2S/c1-3-9-15(10-4-1)19(16-11-5-2-6-12-16)22-20-21-17-13-7-8-14-18(17)23-20/h1-6,9-12,19H,7-8,13-14H2,(H,21,22). The van der Waals surface area contributed by atoms with Crippen LogP contribution in [0.3, 0.4) is 0 Å². The quantitative estimate of drug-likeness (QED) is 0.712. The third kappa shape index (κ3) is 3.15. The van der Waals surface area contributed by atoms with Crippen LogP contribution in [0.4, 0.5) is 5.13 Å². The van der Waals surface area contributed by atoms with Crippen LogP contribution in [0.1, 0.15) is 40.6 Å². The first-order valence-electron chi connectivity index (χ1n) is 8.25. The number of thiazole rings is 1. The van der Waals surface area contributed by atoms with Gasteiger partial charge in [0.15, 0.2) is 5.13 Å². The van der Waals surface area contributed by atoms with Gasteiger partial charge in [0.25, 0.3) is 0 Å². The molecule has 4 rings (SSSR count). The molecule has 0 aliphatic heterocycles. The van der Waals surface area contributed by atoms with Crippen LogP contribution >= 0.6 is 11.3 Å². The van der Waals surface area contributed by atoms with Crippen LogP contribution in [0.5, 0.6) is 0 Å². The van der Waals surface area contributed by atoms with Gasteiger partial charge in [-0.2, -0.15) is 0 Å². The number of benzene rings is 2. The molecule has 0 bridgehead atoms. The van der Waals surface area contributed by atoms with Crippen molar-refractivity contribution in [3.63, 3.8) is 0 Å². The van der Waals surface area contributed by atoms with Gasteiger partial charge in [0.1, 0.15) is 0 Å². The summed E-state index contributed by atoms with van der Waals surface area (Å²) >= 11 is 1.83. The molecule has 1 aliphatic rings. The SMILES string of the molecule is c1ccc(C(Nc2nc3c(s2)CCCC3)c2ccccc2)cc1. The average Bonchev–Trinajstić information content (AvgIpc) is 3.04. The number of hydrogen-bond donors (Lipinski definition) is 1. The first kappa shape index (κ1) is 14.5. The van der Waals surface area contributed by atoms with Crippen molar-refractivity contribution in [1.29, 1.82) is 0 Å². The Kier molecular flexibility index (Phi) is 4.12. The van der Waals surface area contributed by atoms with Crippen molar-refractivity contribution in [3.05, 3.63) is 82.4 Å². The maximum atomic E-state index is 4.85. The van der Waals surface area contributed by atoms with Gasteiger partial charge < -0.3 is 5.32 Å². The van der Waals surface area contributed by atoms with Gasteiger partial charge in [-0.05, 0) is 36.8 Å². The maximum absolute atomic E-state index is 4.85. The molecule has 0 amide bonds. The fraction of sp³-hybridized carbons (Fsp3) is 0.250. The molecule has 0 spiro atoms. The van der Waals surface area contributed by atoms with E-state index in [-0.39, 0.29) is 6.04 Å². The molecular formula is C20H20N2S. The van der Waals surface area contributed by atoms with Gasteiger partial charge in [0.2, 0.25) is 0 Å². The number of rotatable bonds is 4. The molecule has 0 unspecified atom stereocenters. The average molecular weight is 320 g/mol. The summed E-state index contributed by atoms with van der Waals surface area (Å²) in [6.07, 6.45) is 4.90. The molecule has 0 atom stereocenters. The van der Waals surface area contributed by atoms with E-state index in [9.17, 15) is 0 Å². The van der Waals surface area contributed by atoms with E-state index in [0.717, 1.165) is 11.6 Å². The molecule has 1 aliphatic carbocycles. The lowest BCUT2D eigenvalue weighted by molar-refractivity contribution is 0.682. The largest absolute Gasteiger partial charge is 0.351 e. The Morgan fingerprint density at radius 1 is 0.826 bits per heavy atom. The number of aryl methyl sites for hydroxylation is 2. The predicted octanol–water partition coefficient (Wildman–Crippen LogP) is 5.22. The van der Waals surface area contributed by atoms with Crippen LogP contribution in [0.2, 0.25) is 0 Å². The zero-order chi connectivity index (χ0) is 15.5. The number of anilines is 1. The van der Waals surface area contributed by atoms with Crippen molar-refractivity contribution in [2.45, 2.75) is 31.7 Å².